The first-order valence-corrected chi connectivity index (χ1v) is 8.80. The molecule has 2 N–H and O–H groups in total. The van der Waals surface area contributed by atoms with E-state index in [1.165, 1.54) is 51.4 Å². The maximum atomic E-state index is 13.0. The second-order valence-electron chi connectivity index (χ2n) is 7.25. The van der Waals surface area contributed by atoms with Crippen LogP contribution in [0, 0.1) is 17.8 Å². The third kappa shape index (κ3) is 2.88. The van der Waals surface area contributed by atoms with Gasteiger partial charge in [0.15, 0.2) is 0 Å². The van der Waals surface area contributed by atoms with Gasteiger partial charge in [-0.2, -0.15) is 0 Å². The summed E-state index contributed by atoms with van der Waals surface area (Å²) in [6.45, 7) is 1.78. The van der Waals surface area contributed by atoms with Crippen LogP contribution in [-0.2, 0) is 4.79 Å². The molecular weight excluding hydrogens is 248 g/mol. The average molecular weight is 278 g/mol. The van der Waals surface area contributed by atoms with Gasteiger partial charge in [-0.1, -0.05) is 19.3 Å². The SMILES string of the molecule is NCC1CCCC(C(=O)N2CCC[C@H]3CCCC[C@H]32)C1. The van der Waals surface area contributed by atoms with Gasteiger partial charge in [-0.3, -0.25) is 4.79 Å². The molecule has 0 radical (unpaired) electrons. The molecule has 114 valence electrons. The summed E-state index contributed by atoms with van der Waals surface area (Å²) in [5.74, 6) is 2.14. The van der Waals surface area contributed by atoms with E-state index in [2.05, 4.69) is 4.90 Å². The number of amides is 1. The highest BCUT2D eigenvalue weighted by atomic mass is 16.2. The van der Waals surface area contributed by atoms with Crippen LogP contribution in [0.2, 0.25) is 0 Å². The van der Waals surface area contributed by atoms with Crippen molar-refractivity contribution >= 4 is 5.91 Å². The molecule has 0 bridgehead atoms. The van der Waals surface area contributed by atoms with Gasteiger partial charge < -0.3 is 10.6 Å². The van der Waals surface area contributed by atoms with Crippen LogP contribution in [0.15, 0.2) is 0 Å². The summed E-state index contributed by atoms with van der Waals surface area (Å²) in [6.07, 6.45) is 12.4. The highest BCUT2D eigenvalue weighted by Gasteiger charge is 2.38. The molecule has 3 fully saturated rings. The van der Waals surface area contributed by atoms with Crippen molar-refractivity contribution in [2.24, 2.45) is 23.5 Å². The predicted molar refractivity (Wildman–Crippen MR) is 81.2 cm³/mol. The van der Waals surface area contributed by atoms with Crippen LogP contribution in [0.25, 0.3) is 0 Å². The number of fused-ring (bicyclic) bond motifs is 1. The van der Waals surface area contributed by atoms with Crippen LogP contribution >= 0.6 is 0 Å². The molecule has 0 aromatic carbocycles. The first-order valence-electron chi connectivity index (χ1n) is 8.80. The van der Waals surface area contributed by atoms with Gasteiger partial charge in [0, 0.05) is 18.5 Å². The van der Waals surface area contributed by atoms with E-state index in [9.17, 15) is 4.79 Å². The van der Waals surface area contributed by atoms with Gasteiger partial charge in [0.1, 0.15) is 0 Å². The number of hydrogen-bond acceptors (Lipinski definition) is 2. The molecule has 3 rings (SSSR count). The number of nitrogens with zero attached hydrogens (tertiary/aromatic N) is 1. The molecule has 1 heterocycles. The Balaban J connectivity index is 1.65. The van der Waals surface area contributed by atoms with E-state index in [0.29, 0.717) is 17.9 Å². The predicted octanol–water partition coefficient (Wildman–Crippen LogP) is 2.93. The van der Waals surface area contributed by atoms with Gasteiger partial charge in [0.25, 0.3) is 0 Å². The zero-order chi connectivity index (χ0) is 13.9. The molecule has 0 aromatic rings. The molecule has 2 unspecified atom stereocenters. The van der Waals surface area contributed by atoms with Gasteiger partial charge in [0.2, 0.25) is 5.91 Å². The Labute approximate surface area is 123 Å². The van der Waals surface area contributed by atoms with Gasteiger partial charge in [-0.25, -0.2) is 0 Å². The normalized spacial score (nSPS) is 38.4. The first kappa shape index (κ1) is 14.4. The van der Waals surface area contributed by atoms with Gasteiger partial charge in [-0.15, -0.1) is 0 Å². The van der Waals surface area contributed by atoms with Crippen molar-refractivity contribution in [3.63, 3.8) is 0 Å². The van der Waals surface area contributed by atoms with E-state index >= 15 is 0 Å². The fourth-order valence-corrected chi connectivity index (χ4v) is 4.86. The lowest BCUT2D eigenvalue weighted by atomic mass is 9.76. The summed E-state index contributed by atoms with van der Waals surface area (Å²) in [5, 5.41) is 0. The molecule has 1 amide bonds. The van der Waals surface area contributed by atoms with Crippen molar-refractivity contribution in [1.29, 1.82) is 0 Å². The Kier molecular flexibility index (Phi) is 4.65. The topological polar surface area (TPSA) is 46.3 Å². The summed E-state index contributed by atoms with van der Waals surface area (Å²) in [7, 11) is 0. The largest absolute Gasteiger partial charge is 0.339 e. The maximum absolute atomic E-state index is 13.0. The molecule has 3 nitrogen and oxygen atoms in total. The average Bonchev–Trinajstić information content (AvgIpc) is 2.53. The molecule has 0 aromatic heterocycles. The minimum absolute atomic E-state index is 0.276. The zero-order valence-corrected chi connectivity index (χ0v) is 12.7. The molecule has 2 saturated carbocycles. The lowest BCUT2D eigenvalue weighted by Crippen LogP contribution is -2.52. The van der Waals surface area contributed by atoms with Crippen molar-refractivity contribution in [2.75, 3.05) is 13.1 Å². The van der Waals surface area contributed by atoms with E-state index in [4.69, 9.17) is 5.73 Å². The number of carbonyl (C=O) groups excluding carboxylic acids is 1. The van der Waals surface area contributed by atoms with Crippen molar-refractivity contribution in [1.82, 2.24) is 4.90 Å². The summed E-state index contributed by atoms with van der Waals surface area (Å²) in [6, 6.07) is 0.572. The standard InChI is InChI=1S/C17H30N2O/c18-12-13-5-3-7-15(11-13)17(20)19-10-4-8-14-6-1-2-9-16(14)19/h13-16H,1-12,18H2/t13?,14-,15?,16-/m1/s1. The molecule has 3 heteroatoms. The number of carbonyl (C=O) groups is 1. The van der Waals surface area contributed by atoms with Crippen molar-refractivity contribution < 1.29 is 4.79 Å². The van der Waals surface area contributed by atoms with Crippen LogP contribution in [0.4, 0.5) is 0 Å². The Morgan fingerprint density at radius 1 is 1.00 bits per heavy atom. The minimum Gasteiger partial charge on any atom is -0.339 e. The molecule has 3 aliphatic rings. The van der Waals surface area contributed by atoms with Crippen molar-refractivity contribution in [3.05, 3.63) is 0 Å². The van der Waals surface area contributed by atoms with E-state index < -0.39 is 0 Å². The van der Waals surface area contributed by atoms with E-state index in [1.807, 2.05) is 0 Å². The number of nitrogens with two attached hydrogens (primary N) is 1. The molecule has 0 spiro atoms. The van der Waals surface area contributed by atoms with Crippen molar-refractivity contribution in [3.8, 4) is 0 Å². The number of rotatable bonds is 2. The summed E-state index contributed by atoms with van der Waals surface area (Å²) >= 11 is 0. The lowest BCUT2D eigenvalue weighted by molar-refractivity contribution is -0.143. The Hall–Kier alpha value is -0.570. The Bertz CT molecular complexity index is 342. The summed E-state index contributed by atoms with van der Waals surface area (Å²) < 4.78 is 0. The van der Waals surface area contributed by atoms with Gasteiger partial charge in [-0.05, 0) is 63.3 Å². The third-order valence-corrected chi connectivity index (χ3v) is 5.99. The minimum atomic E-state index is 0.276. The lowest BCUT2D eigenvalue weighted by Gasteiger charge is -2.46. The van der Waals surface area contributed by atoms with E-state index in [-0.39, 0.29) is 5.92 Å². The number of piperidine rings is 1. The second kappa shape index (κ2) is 6.46. The van der Waals surface area contributed by atoms with Crippen LogP contribution in [0.1, 0.15) is 64.2 Å². The fraction of sp³-hybridized carbons (Fsp3) is 0.941. The molecular formula is C17H30N2O. The Morgan fingerprint density at radius 3 is 2.65 bits per heavy atom. The monoisotopic (exact) mass is 278 g/mol. The highest BCUT2D eigenvalue weighted by molar-refractivity contribution is 5.79. The second-order valence-corrected chi connectivity index (χ2v) is 7.25. The highest BCUT2D eigenvalue weighted by Crippen LogP contribution is 2.38. The van der Waals surface area contributed by atoms with Crippen LogP contribution in [0.3, 0.4) is 0 Å². The third-order valence-electron chi connectivity index (χ3n) is 5.99. The fourth-order valence-electron chi connectivity index (χ4n) is 4.86. The summed E-state index contributed by atoms with van der Waals surface area (Å²) in [4.78, 5) is 15.2. The van der Waals surface area contributed by atoms with Gasteiger partial charge in [0.05, 0.1) is 0 Å². The summed E-state index contributed by atoms with van der Waals surface area (Å²) in [5.41, 5.74) is 5.83. The van der Waals surface area contributed by atoms with Gasteiger partial charge >= 0.3 is 0 Å². The first-order chi connectivity index (χ1) is 9.79. The quantitative estimate of drug-likeness (QED) is 0.844. The molecule has 1 saturated heterocycles. The van der Waals surface area contributed by atoms with Crippen LogP contribution < -0.4 is 5.73 Å². The van der Waals surface area contributed by atoms with Crippen LogP contribution in [0.5, 0.6) is 0 Å². The Morgan fingerprint density at radius 2 is 1.80 bits per heavy atom. The molecule has 2 aliphatic carbocycles. The van der Waals surface area contributed by atoms with E-state index in [1.54, 1.807) is 0 Å². The maximum Gasteiger partial charge on any atom is 0.225 e. The van der Waals surface area contributed by atoms with Crippen molar-refractivity contribution in [2.45, 2.75) is 70.3 Å². The number of hydrogen-bond donors (Lipinski definition) is 1. The smallest absolute Gasteiger partial charge is 0.225 e. The molecule has 4 atom stereocenters. The molecule has 1 aliphatic heterocycles. The molecule has 20 heavy (non-hydrogen) atoms. The van der Waals surface area contributed by atoms with Crippen LogP contribution in [-0.4, -0.2) is 29.9 Å². The zero-order valence-electron chi connectivity index (χ0n) is 12.7. The number of likely N-dealkylation sites (tertiary alicyclic amines) is 1. The van der Waals surface area contributed by atoms with E-state index in [0.717, 1.165) is 31.8 Å².